The molecule has 0 saturated heterocycles. The van der Waals surface area contributed by atoms with Gasteiger partial charge in [0.25, 0.3) is 0 Å². The van der Waals surface area contributed by atoms with Crippen LogP contribution >= 0.6 is 0 Å². The lowest BCUT2D eigenvalue weighted by Crippen LogP contribution is -2.23. The van der Waals surface area contributed by atoms with Gasteiger partial charge in [-0.15, -0.1) is 5.10 Å². The fraction of sp³-hybridized carbons (Fsp3) is 0.364. The van der Waals surface area contributed by atoms with E-state index in [1.807, 2.05) is 6.07 Å². The van der Waals surface area contributed by atoms with Crippen LogP contribution in [-0.2, 0) is 0 Å². The van der Waals surface area contributed by atoms with Gasteiger partial charge < -0.3 is 20.3 Å². The highest BCUT2D eigenvalue weighted by Gasteiger charge is 2.08. The van der Waals surface area contributed by atoms with Gasteiger partial charge in [0.15, 0.2) is 0 Å². The maximum Gasteiger partial charge on any atom is 0.143 e. The van der Waals surface area contributed by atoms with Gasteiger partial charge in [-0.25, -0.2) is 4.68 Å². The van der Waals surface area contributed by atoms with Crippen molar-refractivity contribution >= 4 is 5.69 Å². The molecule has 0 amide bonds. The third kappa shape index (κ3) is 3.18. The van der Waals surface area contributed by atoms with E-state index in [0.29, 0.717) is 11.4 Å². The van der Waals surface area contributed by atoms with Crippen molar-refractivity contribution in [3.8, 4) is 11.4 Å². The molecular weight excluding hydrogens is 250 g/mol. The van der Waals surface area contributed by atoms with Crippen LogP contribution in [0, 0.1) is 0 Å². The number of aliphatic hydroxyl groups excluding tert-OH is 2. The van der Waals surface area contributed by atoms with E-state index in [1.165, 1.54) is 11.0 Å². The zero-order chi connectivity index (χ0) is 13.7. The predicted octanol–water partition coefficient (Wildman–Crippen LogP) is -0.564. The SMILES string of the molecule is COc1ccc(-n2cnnn2)cc1NCC(O)CO. The van der Waals surface area contributed by atoms with Gasteiger partial charge in [0, 0.05) is 6.54 Å². The van der Waals surface area contributed by atoms with Crippen LogP contribution in [0.4, 0.5) is 5.69 Å². The predicted molar refractivity (Wildman–Crippen MR) is 67.3 cm³/mol. The Labute approximate surface area is 109 Å². The van der Waals surface area contributed by atoms with Gasteiger partial charge in [0.1, 0.15) is 12.1 Å². The second kappa shape index (κ2) is 6.12. The minimum absolute atomic E-state index is 0.214. The summed E-state index contributed by atoms with van der Waals surface area (Å²) >= 11 is 0. The van der Waals surface area contributed by atoms with Crippen molar-refractivity contribution in [3.63, 3.8) is 0 Å². The third-order valence-corrected chi connectivity index (χ3v) is 2.54. The maximum atomic E-state index is 9.35. The molecule has 0 aliphatic heterocycles. The topological polar surface area (TPSA) is 105 Å². The highest BCUT2D eigenvalue weighted by atomic mass is 16.5. The molecule has 1 unspecified atom stereocenters. The molecule has 0 bridgehead atoms. The molecule has 0 spiro atoms. The Balaban J connectivity index is 2.21. The largest absolute Gasteiger partial charge is 0.495 e. The number of aliphatic hydroxyl groups is 2. The first-order valence-electron chi connectivity index (χ1n) is 5.68. The molecule has 2 rings (SSSR count). The Morgan fingerprint density at radius 1 is 1.47 bits per heavy atom. The van der Waals surface area contributed by atoms with Gasteiger partial charge in [-0.1, -0.05) is 0 Å². The van der Waals surface area contributed by atoms with Crippen molar-refractivity contribution < 1.29 is 14.9 Å². The smallest absolute Gasteiger partial charge is 0.143 e. The summed E-state index contributed by atoms with van der Waals surface area (Å²) in [5.41, 5.74) is 1.44. The number of ether oxygens (including phenoxy) is 1. The summed E-state index contributed by atoms with van der Waals surface area (Å²) in [5, 5.41) is 32.1. The Kier molecular flexibility index (Phi) is 4.26. The summed E-state index contributed by atoms with van der Waals surface area (Å²) < 4.78 is 6.72. The number of rotatable bonds is 6. The summed E-state index contributed by atoms with van der Waals surface area (Å²) in [5.74, 6) is 0.627. The van der Waals surface area contributed by atoms with E-state index in [0.717, 1.165) is 5.69 Å². The first kappa shape index (κ1) is 13.2. The van der Waals surface area contributed by atoms with E-state index < -0.39 is 6.10 Å². The minimum Gasteiger partial charge on any atom is -0.495 e. The van der Waals surface area contributed by atoms with Crippen molar-refractivity contribution in [3.05, 3.63) is 24.5 Å². The number of hydrogen-bond acceptors (Lipinski definition) is 7. The molecule has 0 aliphatic carbocycles. The molecule has 0 aliphatic rings. The summed E-state index contributed by atoms with van der Waals surface area (Å²) in [6.45, 7) is -0.0894. The monoisotopic (exact) mass is 265 g/mol. The van der Waals surface area contributed by atoms with Crippen LogP contribution in [0.1, 0.15) is 0 Å². The fourth-order valence-corrected chi connectivity index (χ4v) is 1.55. The lowest BCUT2D eigenvalue weighted by Gasteiger charge is -2.14. The second-order valence-corrected chi connectivity index (χ2v) is 3.86. The number of anilines is 1. The van der Waals surface area contributed by atoms with Gasteiger partial charge >= 0.3 is 0 Å². The number of nitrogens with one attached hydrogen (secondary N) is 1. The van der Waals surface area contributed by atoms with Crippen molar-refractivity contribution in [1.82, 2.24) is 20.2 Å². The number of aromatic nitrogens is 4. The molecule has 1 aromatic heterocycles. The summed E-state index contributed by atoms with van der Waals surface area (Å²) in [6, 6.07) is 5.37. The molecule has 1 heterocycles. The summed E-state index contributed by atoms with van der Waals surface area (Å²) in [7, 11) is 1.56. The normalized spacial score (nSPS) is 12.2. The highest BCUT2D eigenvalue weighted by Crippen LogP contribution is 2.26. The number of tetrazole rings is 1. The zero-order valence-corrected chi connectivity index (χ0v) is 10.4. The summed E-state index contributed by atoms with van der Waals surface area (Å²) in [4.78, 5) is 0. The van der Waals surface area contributed by atoms with Crippen LogP contribution in [-0.4, -0.2) is 56.8 Å². The van der Waals surface area contributed by atoms with E-state index in [2.05, 4.69) is 20.8 Å². The molecular formula is C11H15N5O3. The van der Waals surface area contributed by atoms with Crippen molar-refractivity contribution in [2.45, 2.75) is 6.10 Å². The van der Waals surface area contributed by atoms with Crippen LogP contribution in [0.15, 0.2) is 24.5 Å². The Morgan fingerprint density at radius 2 is 2.32 bits per heavy atom. The van der Waals surface area contributed by atoms with Crippen molar-refractivity contribution in [2.75, 3.05) is 25.6 Å². The number of hydrogen-bond donors (Lipinski definition) is 3. The Hall–Kier alpha value is -2.19. The number of benzene rings is 1. The van der Waals surface area contributed by atoms with Gasteiger partial charge in [-0.05, 0) is 28.6 Å². The van der Waals surface area contributed by atoms with Crippen LogP contribution in [0.2, 0.25) is 0 Å². The Morgan fingerprint density at radius 3 is 2.95 bits per heavy atom. The van der Waals surface area contributed by atoms with Crippen molar-refractivity contribution in [2.24, 2.45) is 0 Å². The van der Waals surface area contributed by atoms with Gasteiger partial charge in [0.2, 0.25) is 0 Å². The molecule has 2 aromatic rings. The number of methoxy groups -OCH3 is 1. The van der Waals surface area contributed by atoms with E-state index in [4.69, 9.17) is 9.84 Å². The second-order valence-electron chi connectivity index (χ2n) is 3.86. The van der Waals surface area contributed by atoms with E-state index >= 15 is 0 Å². The fourth-order valence-electron chi connectivity index (χ4n) is 1.55. The van der Waals surface area contributed by atoms with Crippen LogP contribution in [0.25, 0.3) is 5.69 Å². The Bertz CT molecular complexity index is 517. The van der Waals surface area contributed by atoms with Crippen LogP contribution in [0.5, 0.6) is 5.75 Å². The van der Waals surface area contributed by atoms with Crippen LogP contribution < -0.4 is 10.1 Å². The highest BCUT2D eigenvalue weighted by molar-refractivity contribution is 5.61. The molecule has 19 heavy (non-hydrogen) atoms. The molecule has 0 saturated carbocycles. The molecule has 0 radical (unpaired) electrons. The third-order valence-electron chi connectivity index (χ3n) is 2.54. The molecule has 102 valence electrons. The first-order chi connectivity index (χ1) is 9.24. The maximum absolute atomic E-state index is 9.35. The van der Waals surface area contributed by atoms with E-state index in [-0.39, 0.29) is 13.2 Å². The average Bonchev–Trinajstić information content (AvgIpc) is 2.98. The van der Waals surface area contributed by atoms with Crippen LogP contribution in [0.3, 0.4) is 0 Å². The minimum atomic E-state index is -0.832. The molecule has 8 heteroatoms. The molecule has 1 atom stereocenters. The summed E-state index contributed by atoms with van der Waals surface area (Å²) in [6.07, 6.45) is 0.648. The van der Waals surface area contributed by atoms with E-state index in [1.54, 1.807) is 19.2 Å². The zero-order valence-electron chi connectivity index (χ0n) is 10.4. The molecule has 3 N–H and O–H groups in total. The van der Waals surface area contributed by atoms with E-state index in [9.17, 15) is 5.11 Å². The molecule has 8 nitrogen and oxygen atoms in total. The lowest BCUT2D eigenvalue weighted by molar-refractivity contribution is 0.105. The first-order valence-corrected chi connectivity index (χ1v) is 5.68. The van der Waals surface area contributed by atoms with Gasteiger partial charge in [-0.3, -0.25) is 0 Å². The lowest BCUT2D eigenvalue weighted by atomic mass is 10.2. The standard InChI is InChI=1S/C11H15N5O3/c1-19-11-3-2-8(16-7-13-14-15-16)4-10(11)12-5-9(18)6-17/h2-4,7,9,12,17-18H,5-6H2,1H3. The van der Waals surface area contributed by atoms with Gasteiger partial charge in [0.05, 0.1) is 31.2 Å². The average molecular weight is 265 g/mol. The number of nitrogens with zero attached hydrogens (tertiary/aromatic N) is 4. The van der Waals surface area contributed by atoms with Gasteiger partial charge in [-0.2, -0.15) is 0 Å². The van der Waals surface area contributed by atoms with Crippen molar-refractivity contribution in [1.29, 1.82) is 0 Å². The molecule has 1 aromatic carbocycles. The molecule has 0 fully saturated rings. The quantitative estimate of drug-likeness (QED) is 0.642.